The van der Waals surface area contributed by atoms with E-state index in [1.807, 2.05) is 0 Å². The first kappa shape index (κ1) is 19.7. The van der Waals surface area contributed by atoms with Crippen molar-refractivity contribution >= 4 is 39.2 Å². The second-order valence-corrected chi connectivity index (χ2v) is 8.76. The lowest BCUT2D eigenvalue weighted by Crippen LogP contribution is -2.61. The lowest BCUT2D eigenvalue weighted by Gasteiger charge is -2.43. The lowest BCUT2D eigenvalue weighted by atomic mass is 9.76. The standard InChI is InChI=1S/C17H21N3O5S2/c1-25-16(22)11-4-7-13-14(8-11)19-17(26)20(15(13)21)9-10-2-5-12(6-3-10)27(18,23)24/h2-3,5-6,11,13-14H,4,7-9H2,1H3,(H,19,26)(H2,18,23,24). The fraction of sp³-hybridized carbons (Fsp3) is 0.471. The van der Waals surface area contributed by atoms with Gasteiger partial charge in [0.25, 0.3) is 0 Å². The molecular weight excluding hydrogens is 390 g/mol. The molecule has 1 aromatic carbocycles. The Balaban J connectivity index is 1.71. The zero-order chi connectivity index (χ0) is 19.8. The highest BCUT2D eigenvalue weighted by molar-refractivity contribution is 7.89. The molecule has 146 valence electrons. The zero-order valence-electron chi connectivity index (χ0n) is 14.8. The molecule has 10 heteroatoms. The van der Waals surface area contributed by atoms with E-state index in [1.165, 1.54) is 24.1 Å². The molecule has 3 unspecified atom stereocenters. The molecule has 1 saturated heterocycles. The SMILES string of the molecule is COC(=O)C1CCC2C(=O)N(Cc3ccc(S(N)(=O)=O)cc3)C(=S)NC2C1. The van der Waals surface area contributed by atoms with Crippen LogP contribution in [-0.2, 0) is 30.9 Å². The van der Waals surface area contributed by atoms with Gasteiger partial charge < -0.3 is 10.1 Å². The van der Waals surface area contributed by atoms with E-state index in [9.17, 15) is 18.0 Å². The van der Waals surface area contributed by atoms with Gasteiger partial charge in [-0.3, -0.25) is 14.5 Å². The second kappa shape index (κ2) is 7.53. The number of esters is 1. The minimum absolute atomic E-state index is 0.0121. The third-order valence-electron chi connectivity index (χ3n) is 5.11. The Labute approximate surface area is 163 Å². The van der Waals surface area contributed by atoms with E-state index in [1.54, 1.807) is 12.1 Å². The first-order chi connectivity index (χ1) is 12.7. The first-order valence-corrected chi connectivity index (χ1v) is 10.5. The molecule has 3 atom stereocenters. The highest BCUT2D eigenvalue weighted by atomic mass is 32.2. The largest absolute Gasteiger partial charge is 0.469 e. The molecule has 1 amide bonds. The molecule has 27 heavy (non-hydrogen) atoms. The minimum Gasteiger partial charge on any atom is -0.469 e. The molecule has 0 radical (unpaired) electrons. The number of amides is 1. The average Bonchev–Trinajstić information content (AvgIpc) is 2.63. The third kappa shape index (κ3) is 4.12. The van der Waals surface area contributed by atoms with Crippen molar-refractivity contribution in [3.63, 3.8) is 0 Å². The Kier molecular flexibility index (Phi) is 5.50. The summed E-state index contributed by atoms with van der Waals surface area (Å²) in [6.07, 6.45) is 1.70. The Morgan fingerprint density at radius 3 is 2.59 bits per heavy atom. The predicted octanol–water partition coefficient (Wildman–Crippen LogP) is 0.509. The Morgan fingerprint density at radius 1 is 1.33 bits per heavy atom. The van der Waals surface area contributed by atoms with Gasteiger partial charge in [0.2, 0.25) is 15.9 Å². The van der Waals surface area contributed by atoms with Crippen LogP contribution in [0.2, 0.25) is 0 Å². The number of fused-ring (bicyclic) bond motifs is 1. The van der Waals surface area contributed by atoms with Crippen molar-refractivity contribution < 1.29 is 22.7 Å². The number of benzene rings is 1. The summed E-state index contributed by atoms with van der Waals surface area (Å²) >= 11 is 5.35. The maximum atomic E-state index is 12.9. The van der Waals surface area contributed by atoms with Crippen molar-refractivity contribution in [3.05, 3.63) is 29.8 Å². The summed E-state index contributed by atoms with van der Waals surface area (Å²) in [5, 5.41) is 8.58. The number of rotatable bonds is 4. The summed E-state index contributed by atoms with van der Waals surface area (Å²) in [4.78, 5) is 26.2. The van der Waals surface area contributed by atoms with Gasteiger partial charge in [-0.2, -0.15) is 0 Å². The van der Waals surface area contributed by atoms with Gasteiger partial charge in [0.1, 0.15) is 0 Å². The number of nitrogens with one attached hydrogen (secondary N) is 1. The monoisotopic (exact) mass is 411 g/mol. The number of methoxy groups -OCH3 is 1. The van der Waals surface area contributed by atoms with Crippen LogP contribution in [-0.4, -0.2) is 43.5 Å². The van der Waals surface area contributed by atoms with Crippen molar-refractivity contribution in [1.29, 1.82) is 0 Å². The van der Waals surface area contributed by atoms with Gasteiger partial charge in [-0.1, -0.05) is 12.1 Å². The molecule has 1 aliphatic heterocycles. The first-order valence-electron chi connectivity index (χ1n) is 8.52. The van der Waals surface area contributed by atoms with Crippen molar-refractivity contribution in [1.82, 2.24) is 10.2 Å². The number of hydrogen-bond acceptors (Lipinski definition) is 6. The van der Waals surface area contributed by atoms with Crippen LogP contribution < -0.4 is 10.5 Å². The molecule has 0 spiro atoms. The van der Waals surface area contributed by atoms with E-state index < -0.39 is 10.0 Å². The van der Waals surface area contributed by atoms with Crippen LogP contribution in [0.5, 0.6) is 0 Å². The van der Waals surface area contributed by atoms with E-state index in [0.29, 0.717) is 24.4 Å². The van der Waals surface area contributed by atoms with Crippen LogP contribution in [0.4, 0.5) is 0 Å². The molecule has 3 rings (SSSR count). The number of carbonyl (C=O) groups is 2. The van der Waals surface area contributed by atoms with E-state index in [2.05, 4.69) is 5.32 Å². The number of hydrogen-bond donors (Lipinski definition) is 2. The molecular formula is C17H21N3O5S2. The molecule has 8 nitrogen and oxygen atoms in total. The van der Waals surface area contributed by atoms with Gasteiger partial charge in [-0.25, -0.2) is 13.6 Å². The number of ether oxygens (including phenoxy) is 1. The van der Waals surface area contributed by atoms with Gasteiger partial charge in [-0.15, -0.1) is 0 Å². The maximum Gasteiger partial charge on any atom is 0.308 e. The number of nitrogens with zero attached hydrogens (tertiary/aromatic N) is 1. The molecule has 2 aliphatic rings. The fourth-order valence-electron chi connectivity index (χ4n) is 3.66. The number of sulfonamides is 1. The van der Waals surface area contributed by atoms with Crippen molar-refractivity contribution in [3.8, 4) is 0 Å². The average molecular weight is 412 g/mol. The second-order valence-electron chi connectivity index (χ2n) is 6.81. The van der Waals surface area contributed by atoms with Gasteiger partial charge in [-0.05, 0) is 49.2 Å². The predicted molar refractivity (Wildman–Crippen MR) is 101 cm³/mol. The van der Waals surface area contributed by atoms with E-state index in [4.69, 9.17) is 22.1 Å². The Hall–Kier alpha value is -2.04. The van der Waals surface area contributed by atoms with E-state index in [0.717, 1.165) is 5.56 Å². The number of thiocarbonyl (C=S) groups is 1. The zero-order valence-corrected chi connectivity index (χ0v) is 16.4. The van der Waals surface area contributed by atoms with Crippen LogP contribution in [0.1, 0.15) is 24.8 Å². The topological polar surface area (TPSA) is 119 Å². The molecule has 1 aliphatic carbocycles. The van der Waals surface area contributed by atoms with Gasteiger partial charge in [0, 0.05) is 6.04 Å². The molecule has 0 bridgehead atoms. The van der Waals surface area contributed by atoms with E-state index >= 15 is 0 Å². The molecule has 3 N–H and O–H groups in total. The number of carbonyl (C=O) groups excluding carboxylic acids is 2. The van der Waals surface area contributed by atoms with Gasteiger partial charge in [0.15, 0.2) is 5.11 Å². The highest BCUT2D eigenvalue weighted by Gasteiger charge is 2.44. The molecule has 2 fully saturated rings. The molecule has 1 heterocycles. The minimum atomic E-state index is -3.76. The Morgan fingerprint density at radius 2 is 2.00 bits per heavy atom. The summed E-state index contributed by atoms with van der Waals surface area (Å²) in [6.45, 7) is 0.235. The van der Waals surface area contributed by atoms with E-state index in [-0.39, 0.29) is 41.2 Å². The van der Waals surface area contributed by atoms with Crippen LogP contribution in [0.15, 0.2) is 29.2 Å². The number of primary sulfonamides is 1. The molecule has 1 aromatic rings. The summed E-state index contributed by atoms with van der Waals surface area (Å²) in [7, 11) is -2.40. The van der Waals surface area contributed by atoms with Gasteiger partial charge in [0.05, 0.1) is 30.4 Å². The summed E-state index contributed by atoms with van der Waals surface area (Å²) in [6, 6.07) is 5.84. The van der Waals surface area contributed by atoms with Gasteiger partial charge >= 0.3 is 5.97 Å². The van der Waals surface area contributed by atoms with Crippen LogP contribution in [0, 0.1) is 11.8 Å². The normalized spacial score (nSPS) is 25.6. The summed E-state index contributed by atoms with van der Waals surface area (Å²) in [5.74, 6) is -0.813. The quantitative estimate of drug-likeness (QED) is 0.547. The maximum absolute atomic E-state index is 12.9. The fourth-order valence-corrected chi connectivity index (χ4v) is 4.48. The molecule has 0 aromatic heterocycles. The summed E-state index contributed by atoms with van der Waals surface area (Å²) in [5.41, 5.74) is 0.738. The van der Waals surface area contributed by atoms with Crippen LogP contribution in [0.3, 0.4) is 0 Å². The van der Waals surface area contributed by atoms with Crippen molar-refractivity contribution in [2.24, 2.45) is 17.0 Å². The lowest BCUT2D eigenvalue weighted by molar-refractivity contribution is -0.149. The van der Waals surface area contributed by atoms with Crippen LogP contribution >= 0.6 is 12.2 Å². The Bertz CT molecular complexity index is 869. The smallest absolute Gasteiger partial charge is 0.308 e. The van der Waals surface area contributed by atoms with Crippen molar-refractivity contribution in [2.75, 3.05) is 7.11 Å². The highest BCUT2D eigenvalue weighted by Crippen LogP contribution is 2.34. The van der Waals surface area contributed by atoms with Crippen LogP contribution in [0.25, 0.3) is 0 Å². The summed E-state index contributed by atoms with van der Waals surface area (Å²) < 4.78 is 27.5. The molecule has 1 saturated carbocycles. The third-order valence-corrected chi connectivity index (χ3v) is 6.38. The number of nitrogens with two attached hydrogens (primary N) is 1. The van der Waals surface area contributed by atoms with Crippen molar-refractivity contribution in [2.45, 2.75) is 36.7 Å².